The van der Waals surface area contributed by atoms with Crippen LogP contribution >= 0.6 is 11.6 Å². The Hall–Kier alpha value is -3.04. The minimum atomic E-state index is -1.20. The first-order chi connectivity index (χ1) is 12.4. The lowest BCUT2D eigenvalue weighted by Gasteiger charge is -2.22. The van der Waals surface area contributed by atoms with Gasteiger partial charge in [0.25, 0.3) is 5.91 Å². The zero-order chi connectivity index (χ0) is 18.9. The van der Waals surface area contributed by atoms with Crippen LogP contribution in [0.15, 0.2) is 42.5 Å². The third-order valence-electron chi connectivity index (χ3n) is 4.44. The number of nitrogens with zero attached hydrogens (tertiary/aromatic N) is 2. The van der Waals surface area contributed by atoms with Crippen molar-refractivity contribution in [2.24, 2.45) is 0 Å². The molecule has 6 nitrogen and oxygen atoms in total. The van der Waals surface area contributed by atoms with Gasteiger partial charge in [-0.2, -0.15) is 5.26 Å². The van der Waals surface area contributed by atoms with Crippen molar-refractivity contribution in [1.29, 1.82) is 5.26 Å². The van der Waals surface area contributed by atoms with E-state index in [2.05, 4.69) is 5.32 Å². The molecule has 0 spiro atoms. The van der Waals surface area contributed by atoms with Gasteiger partial charge in [-0.15, -0.1) is 0 Å². The lowest BCUT2D eigenvalue weighted by Crippen LogP contribution is -2.40. The Morgan fingerprint density at radius 3 is 2.54 bits per heavy atom. The summed E-state index contributed by atoms with van der Waals surface area (Å²) in [6.45, 7) is 1.68. The molecular formula is C19H16ClN3O3. The first kappa shape index (κ1) is 17.8. The Balaban J connectivity index is 1.91. The van der Waals surface area contributed by atoms with E-state index in [9.17, 15) is 9.59 Å². The third kappa shape index (κ3) is 2.98. The van der Waals surface area contributed by atoms with Gasteiger partial charge in [-0.1, -0.05) is 23.7 Å². The number of hydrogen-bond acceptors (Lipinski definition) is 4. The van der Waals surface area contributed by atoms with Gasteiger partial charge in [0.2, 0.25) is 0 Å². The molecule has 0 aliphatic carbocycles. The van der Waals surface area contributed by atoms with Crippen molar-refractivity contribution >= 4 is 23.5 Å². The molecule has 1 fully saturated rings. The molecule has 1 saturated heterocycles. The molecule has 1 aliphatic heterocycles. The van der Waals surface area contributed by atoms with E-state index in [0.29, 0.717) is 27.5 Å². The van der Waals surface area contributed by atoms with Crippen molar-refractivity contribution in [1.82, 2.24) is 10.2 Å². The molecule has 0 aromatic heterocycles. The van der Waals surface area contributed by atoms with E-state index in [1.54, 1.807) is 49.4 Å². The number of urea groups is 1. The smallest absolute Gasteiger partial charge is 0.325 e. The molecule has 26 heavy (non-hydrogen) atoms. The number of benzene rings is 2. The maximum Gasteiger partial charge on any atom is 0.325 e. The van der Waals surface area contributed by atoms with E-state index in [1.807, 2.05) is 6.07 Å². The molecule has 1 aliphatic rings. The van der Waals surface area contributed by atoms with Crippen LogP contribution in [0.5, 0.6) is 5.75 Å². The predicted octanol–water partition coefficient (Wildman–Crippen LogP) is 3.19. The fraction of sp³-hybridized carbons (Fsp3) is 0.211. The number of rotatable bonds is 4. The first-order valence-electron chi connectivity index (χ1n) is 7.86. The minimum Gasteiger partial charge on any atom is -0.496 e. The van der Waals surface area contributed by atoms with Crippen LogP contribution in [0, 0.1) is 11.3 Å². The van der Waals surface area contributed by atoms with E-state index in [1.165, 1.54) is 7.11 Å². The normalized spacial score (nSPS) is 19.2. The second kappa shape index (κ2) is 6.70. The van der Waals surface area contributed by atoms with Gasteiger partial charge in [0.05, 0.1) is 25.3 Å². The molecule has 0 saturated carbocycles. The molecule has 7 heteroatoms. The monoisotopic (exact) mass is 369 g/mol. The molecule has 132 valence electrons. The summed E-state index contributed by atoms with van der Waals surface area (Å²) in [5.41, 5.74) is 0.522. The molecule has 2 aromatic rings. The average Bonchev–Trinajstić information content (AvgIpc) is 2.86. The number of amides is 3. The fourth-order valence-electron chi connectivity index (χ4n) is 2.96. The van der Waals surface area contributed by atoms with Crippen molar-refractivity contribution in [2.45, 2.75) is 19.0 Å². The number of carbonyl (C=O) groups is 2. The highest BCUT2D eigenvalue weighted by Crippen LogP contribution is 2.32. The zero-order valence-electron chi connectivity index (χ0n) is 14.2. The van der Waals surface area contributed by atoms with E-state index in [0.717, 1.165) is 4.90 Å². The number of carbonyl (C=O) groups excluding carboxylic acids is 2. The van der Waals surface area contributed by atoms with Gasteiger partial charge in [-0.25, -0.2) is 4.79 Å². The standard InChI is InChI=1S/C19H16ClN3O3/c1-19(14-5-3-12(10-21)4-6-14)17(24)23(18(25)22-19)11-13-9-15(20)7-8-16(13)26-2/h3-9H,11H2,1-2H3,(H,22,25)/t19-/m1/s1. The highest BCUT2D eigenvalue weighted by atomic mass is 35.5. The van der Waals surface area contributed by atoms with E-state index >= 15 is 0 Å². The van der Waals surface area contributed by atoms with Crippen LogP contribution in [0.4, 0.5) is 4.79 Å². The zero-order valence-corrected chi connectivity index (χ0v) is 15.0. The fourth-order valence-corrected chi connectivity index (χ4v) is 3.15. The average molecular weight is 370 g/mol. The van der Waals surface area contributed by atoms with Gasteiger partial charge in [0.15, 0.2) is 0 Å². The van der Waals surface area contributed by atoms with Crippen LogP contribution in [0.1, 0.15) is 23.6 Å². The number of nitrogens with one attached hydrogen (secondary N) is 1. The molecule has 0 radical (unpaired) electrons. The van der Waals surface area contributed by atoms with Crippen molar-refractivity contribution in [2.75, 3.05) is 7.11 Å². The highest BCUT2D eigenvalue weighted by Gasteiger charge is 2.49. The number of halogens is 1. The predicted molar refractivity (Wildman–Crippen MR) is 95.6 cm³/mol. The molecule has 3 amide bonds. The second-order valence-corrected chi connectivity index (χ2v) is 6.53. The van der Waals surface area contributed by atoms with E-state index in [-0.39, 0.29) is 12.5 Å². The summed E-state index contributed by atoms with van der Waals surface area (Å²) in [5.74, 6) is 0.163. The topological polar surface area (TPSA) is 82.4 Å². The summed E-state index contributed by atoms with van der Waals surface area (Å²) in [5, 5.41) is 12.1. The van der Waals surface area contributed by atoms with Crippen molar-refractivity contribution < 1.29 is 14.3 Å². The van der Waals surface area contributed by atoms with Gasteiger partial charge >= 0.3 is 6.03 Å². The Labute approximate surface area is 155 Å². The van der Waals surface area contributed by atoms with Gasteiger partial charge in [-0.05, 0) is 42.8 Å². The largest absolute Gasteiger partial charge is 0.496 e. The Morgan fingerprint density at radius 2 is 1.92 bits per heavy atom. The quantitative estimate of drug-likeness (QED) is 0.839. The summed E-state index contributed by atoms with van der Waals surface area (Å²) >= 11 is 6.03. The number of methoxy groups -OCH3 is 1. The number of hydrogen-bond donors (Lipinski definition) is 1. The van der Waals surface area contributed by atoms with Crippen LogP contribution in [-0.4, -0.2) is 23.9 Å². The summed E-state index contributed by atoms with van der Waals surface area (Å²) in [6, 6.07) is 13.1. The number of nitriles is 1. The Morgan fingerprint density at radius 1 is 1.23 bits per heavy atom. The first-order valence-corrected chi connectivity index (χ1v) is 8.24. The molecule has 1 atom stereocenters. The summed E-state index contributed by atoms with van der Waals surface area (Å²) in [6.07, 6.45) is 0. The number of ether oxygens (including phenoxy) is 1. The molecule has 1 heterocycles. The van der Waals surface area contributed by atoms with Crippen LogP contribution in [0.3, 0.4) is 0 Å². The van der Waals surface area contributed by atoms with Crippen LogP contribution in [-0.2, 0) is 16.9 Å². The molecule has 2 aromatic carbocycles. The van der Waals surface area contributed by atoms with Crippen LogP contribution in [0.25, 0.3) is 0 Å². The molecule has 0 unspecified atom stereocenters. The maximum atomic E-state index is 13.0. The summed E-state index contributed by atoms with van der Waals surface area (Å²) in [4.78, 5) is 26.6. The molecule has 1 N–H and O–H groups in total. The van der Waals surface area contributed by atoms with Crippen LogP contribution in [0.2, 0.25) is 5.02 Å². The summed E-state index contributed by atoms with van der Waals surface area (Å²) in [7, 11) is 1.51. The van der Waals surface area contributed by atoms with Gasteiger partial charge < -0.3 is 10.1 Å². The maximum absolute atomic E-state index is 13.0. The van der Waals surface area contributed by atoms with Crippen molar-refractivity contribution in [3.05, 3.63) is 64.2 Å². The summed E-state index contributed by atoms with van der Waals surface area (Å²) < 4.78 is 5.28. The molecular weight excluding hydrogens is 354 g/mol. The van der Waals surface area contributed by atoms with E-state index < -0.39 is 11.6 Å². The second-order valence-electron chi connectivity index (χ2n) is 6.09. The van der Waals surface area contributed by atoms with Gasteiger partial charge in [0, 0.05) is 10.6 Å². The van der Waals surface area contributed by atoms with Gasteiger partial charge in [-0.3, -0.25) is 9.69 Å². The SMILES string of the molecule is COc1ccc(Cl)cc1CN1C(=O)N[C@](C)(c2ccc(C#N)cc2)C1=O. The Bertz CT molecular complexity index is 921. The molecule has 0 bridgehead atoms. The number of imide groups is 1. The van der Waals surface area contributed by atoms with Crippen molar-refractivity contribution in [3.8, 4) is 11.8 Å². The third-order valence-corrected chi connectivity index (χ3v) is 4.67. The van der Waals surface area contributed by atoms with Gasteiger partial charge in [0.1, 0.15) is 11.3 Å². The minimum absolute atomic E-state index is 0.0419. The Kier molecular flexibility index (Phi) is 4.58. The molecule has 3 rings (SSSR count). The highest BCUT2D eigenvalue weighted by molar-refractivity contribution is 6.30. The van der Waals surface area contributed by atoms with Crippen molar-refractivity contribution in [3.63, 3.8) is 0 Å². The lowest BCUT2D eigenvalue weighted by molar-refractivity contribution is -0.131. The van der Waals surface area contributed by atoms with E-state index in [4.69, 9.17) is 21.6 Å². The lowest BCUT2D eigenvalue weighted by atomic mass is 9.91. The van der Waals surface area contributed by atoms with Crippen LogP contribution < -0.4 is 10.1 Å².